The monoisotopic (exact) mass is 356 g/mol. The Bertz CT molecular complexity index is 748. The number of ketones is 1. The van der Waals surface area contributed by atoms with Gasteiger partial charge in [-0.15, -0.1) is 11.8 Å². The van der Waals surface area contributed by atoms with Gasteiger partial charge in [0.25, 0.3) is 0 Å². The van der Waals surface area contributed by atoms with Crippen LogP contribution in [0, 0.1) is 11.2 Å². The minimum absolute atomic E-state index is 0.0707. The molecule has 0 radical (unpaired) electrons. The van der Waals surface area contributed by atoms with Gasteiger partial charge >= 0.3 is 0 Å². The van der Waals surface area contributed by atoms with Crippen LogP contribution in [0.5, 0.6) is 0 Å². The summed E-state index contributed by atoms with van der Waals surface area (Å²) in [6, 6.07) is 13.7. The molecule has 1 atom stereocenters. The molecule has 130 valence electrons. The molecule has 0 aromatic heterocycles. The largest absolute Gasteiger partial charge is 0.303 e. The number of benzene rings is 2. The molecule has 1 fully saturated rings. The highest BCUT2D eigenvalue weighted by molar-refractivity contribution is 7.98. The average Bonchev–Trinajstić information content (AvgIpc) is 2.61. The predicted octanol–water partition coefficient (Wildman–Crippen LogP) is 5.27. The molecule has 0 spiro atoms. The summed E-state index contributed by atoms with van der Waals surface area (Å²) in [5, 5.41) is 0. The van der Waals surface area contributed by atoms with Crippen LogP contribution in [0.15, 0.2) is 53.4 Å². The van der Waals surface area contributed by atoms with E-state index in [-0.39, 0.29) is 22.9 Å². The number of carbonyl (C=O) groups excluding carboxylic acids is 2. The fourth-order valence-corrected chi connectivity index (χ4v) is 4.08. The van der Waals surface area contributed by atoms with Crippen molar-refractivity contribution >= 4 is 23.8 Å². The van der Waals surface area contributed by atoms with Crippen LogP contribution in [0.25, 0.3) is 0 Å². The fraction of sp³-hybridized carbons (Fsp3) is 0.333. The van der Waals surface area contributed by atoms with Gasteiger partial charge in [-0.25, -0.2) is 4.39 Å². The van der Waals surface area contributed by atoms with Gasteiger partial charge < -0.3 is 4.79 Å². The summed E-state index contributed by atoms with van der Waals surface area (Å²) >= 11 is 1.64. The lowest BCUT2D eigenvalue weighted by Gasteiger charge is -2.45. The number of carbonyl (C=O) groups is 2. The van der Waals surface area contributed by atoms with Crippen molar-refractivity contribution in [2.45, 2.75) is 36.5 Å². The highest BCUT2D eigenvalue weighted by Gasteiger charge is 2.46. The van der Waals surface area contributed by atoms with Crippen LogP contribution in [0.1, 0.15) is 47.5 Å². The number of hydrogen-bond donors (Lipinski definition) is 0. The van der Waals surface area contributed by atoms with Gasteiger partial charge in [0.15, 0.2) is 5.78 Å². The van der Waals surface area contributed by atoms with Gasteiger partial charge in [-0.2, -0.15) is 0 Å². The van der Waals surface area contributed by atoms with E-state index in [2.05, 4.69) is 0 Å². The molecule has 1 aliphatic carbocycles. The number of rotatable bonds is 7. The first-order valence-electron chi connectivity index (χ1n) is 8.46. The molecule has 2 aromatic carbocycles. The zero-order chi connectivity index (χ0) is 17.9. The normalized spacial score (nSPS) is 16.7. The topological polar surface area (TPSA) is 34.1 Å². The summed E-state index contributed by atoms with van der Waals surface area (Å²) in [6.07, 6.45) is 6.00. The van der Waals surface area contributed by atoms with E-state index < -0.39 is 0 Å². The van der Waals surface area contributed by atoms with E-state index in [0.717, 1.165) is 36.0 Å². The molecule has 25 heavy (non-hydrogen) atoms. The maximum Gasteiger partial charge on any atom is 0.163 e. The Morgan fingerprint density at radius 2 is 1.80 bits per heavy atom. The third kappa shape index (κ3) is 3.69. The Kier molecular flexibility index (Phi) is 5.38. The molecule has 1 saturated carbocycles. The standard InChI is InChI=1S/C21H21FO2S/c1-25-18-9-5-16(6-10-18)20(24)13-21(11-2-12-21)19(14-23)15-3-7-17(22)8-4-15/h3-10,14,19H,2,11-13H2,1H3. The maximum absolute atomic E-state index is 13.2. The van der Waals surface area contributed by atoms with E-state index in [0.29, 0.717) is 12.0 Å². The number of aldehydes is 1. The average molecular weight is 356 g/mol. The zero-order valence-electron chi connectivity index (χ0n) is 14.2. The van der Waals surface area contributed by atoms with Crippen molar-refractivity contribution in [2.75, 3.05) is 6.26 Å². The van der Waals surface area contributed by atoms with Gasteiger partial charge in [-0.05, 0) is 54.3 Å². The molecule has 0 aliphatic heterocycles. The number of Topliss-reactive ketones (excluding diaryl/α,β-unsaturated/α-hetero) is 1. The zero-order valence-corrected chi connectivity index (χ0v) is 15.0. The predicted molar refractivity (Wildman–Crippen MR) is 98.7 cm³/mol. The molecule has 4 heteroatoms. The summed E-state index contributed by atoms with van der Waals surface area (Å²) in [5.74, 6) is -0.612. The van der Waals surface area contributed by atoms with Crippen molar-refractivity contribution in [1.82, 2.24) is 0 Å². The second kappa shape index (κ2) is 7.52. The highest BCUT2D eigenvalue weighted by Crippen LogP contribution is 2.53. The lowest BCUT2D eigenvalue weighted by Crippen LogP contribution is -2.39. The van der Waals surface area contributed by atoms with Gasteiger partial charge in [0.05, 0.1) is 0 Å². The number of thioether (sulfide) groups is 1. The molecule has 1 aliphatic rings. The van der Waals surface area contributed by atoms with Crippen LogP contribution < -0.4 is 0 Å². The van der Waals surface area contributed by atoms with Crippen LogP contribution in [0.2, 0.25) is 0 Å². The molecule has 2 nitrogen and oxygen atoms in total. The van der Waals surface area contributed by atoms with Gasteiger partial charge in [-0.3, -0.25) is 4.79 Å². The van der Waals surface area contributed by atoms with E-state index in [1.165, 1.54) is 12.1 Å². The number of hydrogen-bond acceptors (Lipinski definition) is 3. The number of halogens is 1. The second-order valence-corrected chi connectivity index (χ2v) is 7.59. The van der Waals surface area contributed by atoms with Crippen LogP contribution in [-0.2, 0) is 4.79 Å². The van der Waals surface area contributed by atoms with Gasteiger partial charge in [-0.1, -0.05) is 30.7 Å². The summed E-state index contributed by atoms with van der Waals surface area (Å²) in [6.45, 7) is 0. The van der Waals surface area contributed by atoms with Crippen LogP contribution in [0.4, 0.5) is 4.39 Å². The minimum Gasteiger partial charge on any atom is -0.303 e. The molecule has 0 heterocycles. The molecule has 0 bridgehead atoms. The van der Waals surface area contributed by atoms with Crippen molar-refractivity contribution in [2.24, 2.45) is 5.41 Å². The summed E-state index contributed by atoms with van der Waals surface area (Å²) < 4.78 is 13.2. The Labute approximate surface area is 151 Å². The van der Waals surface area contributed by atoms with Crippen molar-refractivity contribution < 1.29 is 14.0 Å². The fourth-order valence-electron chi connectivity index (χ4n) is 3.67. The second-order valence-electron chi connectivity index (χ2n) is 6.71. The van der Waals surface area contributed by atoms with Gasteiger partial charge in [0, 0.05) is 22.8 Å². The lowest BCUT2D eigenvalue weighted by atomic mass is 9.57. The quantitative estimate of drug-likeness (QED) is 0.385. The first-order chi connectivity index (χ1) is 12.1. The van der Waals surface area contributed by atoms with Crippen molar-refractivity contribution in [3.8, 4) is 0 Å². The van der Waals surface area contributed by atoms with E-state index in [1.807, 2.05) is 30.5 Å². The van der Waals surface area contributed by atoms with E-state index in [1.54, 1.807) is 23.9 Å². The molecular formula is C21H21FO2S. The van der Waals surface area contributed by atoms with Crippen molar-refractivity contribution in [1.29, 1.82) is 0 Å². The van der Waals surface area contributed by atoms with E-state index >= 15 is 0 Å². The third-order valence-corrected chi connectivity index (χ3v) is 6.04. The van der Waals surface area contributed by atoms with Crippen molar-refractivity contribution in [3.63, 3.8) is 0 Å². The highest BCUT2D eigenvalue weighted by atomic mass is 32.2. The molecule has 2 aromatic rings. The van der Waals surface area contributed by atoms with Gasteiger partial charge in [0.2, 0.25) is 0 Å². The molecule has 0 amide bonds. The third-order valence-electron chi connectivity index (χ3n) is 5.30. The Morgan fingerprint density at radius 1 is 1.16 bits per heavy atom. The van der Waals surface area contributed by atoms with E-state index in [9.17, 15) is 14.0 Å². The van der Waals surface area contributed by atoms with Crippen LogP contribution in [0.3, 0.4) is 0 Å². The summed E-state index contributed by atoms with van der Waals surface area (Å²) in [5.41, 5.74) is 1.14. The first kappa shape index (κ1) is 17.9. The van der Waals surface area contributed by atoms with Crippen molar-refractivity contribution in [3.05, 3.63) is 65.5 Å². The maximum atomic E-state index is 13.2. The molecular weight excluding hydrogens is 335 g/mol. The van der Waals surface area contributed by atoms with Crippen LogP contribution >= 0.6 is 11.8 Å². The van der Waals surface area contributed by atoms with Crippen LogP contribution in [-0.4, -0.2) is 18.3 Å². The smallest absolute Gasteiger partial charge is 0.163 e. The minimum atomic E-state index is -0.365. The van der Waals surface area contributed by atoms with E-state index in [4.69, 9.17) is 0 Å². The first-order valence-corrected chi connectivity index (χ1v) is 9.68. The molecule has 3 rings (SSSR count). The molecule has 0 N–H and O–H groups in total. The Balaban J connectivity index is 1.82. The lowest BCUT2D eigenvalue weighted by molar-refractivity contribution is -0.113. The molecule has 1 unspecified atom stereocenters. The SMILES string of the molecule is CSc1ccc(C(=O)CC2(C(C=O)c3ccc(F)cc3)CCC2)cc1. The summed E-state index contributed by atoms with van der Waals surface area (Å²) in [7, 11) is 0. The molecule has 0 saturated heterocycles. The Hall–Kier alpha value is -1.94. The Morgan fingerprint density at radius 3 is 2.28 bits per heavy atom. The summed E-state index contributed by atoms with van der Waals surface area (Å²) in [4.78, 5) is 25.7. The van der Waals surface area contributed by atoms with Gasteiger partial charge in [0.1, 0.15) is 12.1 Å².